The molecule has 1 atom stereocenters. The third-order valence-electron chi connectivity index (χ3n) is 7.66. The summed E-state index contributed by atoms with van der Waals surface area (Å²) in [6.45, 7) is 8.45. The zero-order valence-electron chi connectivity index (χ0n) is 21.9. The van der Waals surface area contributed by atoms with Crippen molar-refractivity contribution in [3.8, 4) is 16.9 Å². The van der Waals surface area contributed by atoms with Crippen molar-refractivity contribution in [1.29, 1.82) is 0 Å². The van der Waals surface area contributed by atoms with Crippen LogP contribution in [-0.4, -0.2) is 45.1 Å². The number of H-pyrrole nitrogens is 1. The molecule has 4 aromatic rings. The molecule has 7 heteroatoms. The van der Waals surface area contributed by atoms with Gasteiger partial charge in [0.2, 0.25) is 0 Å². The summed E-state index contributed by atoms with van der Waals surface area (Å²) >= 11 is -2.38. The molecule has 2 N–H and O–H groups in total. The number of carbonyl (C=O) groups excluding carboxylic acids is 1. The van der Waals surface area contributed by atoms with Gasteiger partial charge in [-0.25, -0.2) is 0 Å². The summed E-state index contributed by atoms with van der Waals surface area (Å²) in [5, 5.41) is 16.0. The van der Waals surface area contributed by atoms with Gasteiger partial charge in [-0.05, 0) is 0 Å². The second-order valence-corrected chi connectivity index (χ2v) is 16.1. The van der Waals surface area contributed by atoms with Crippen LogP contribution in [0.15, 0.2) is 54.7 Å². The number of hydrogen-bond donors (Lipinski definition) is 2. The number of fused-ring (bicyclic) bond motifs is 1. The molecular weight excluding hydrogens is 525 g/mol. The van der Waals surface area contributed by atoms with Crippen molar-refractivity contribution < 1.29 is 14.7 Å². The van der Waals surface area contributed by atoms with Gasteiger partial charge in [0.15, 0.2) is 0 Å². The first kappa shape index (κ1) is 25.5. The van der Waals surface area contributed by atoms with E-state index in [2.05, 4.69) is 31.0 Å². The number of carboxylic acids is 1. The first-order chi connectivity index (χ1) is 17.7. The van der Waals surface area contributed by atoms with Crippen LogP contribution < -0.4 is 4.48 Å². The van der Waals surface area contributed by atoms with Crippen LogP contribution >= 0.6 is 0 Å². The molecule has 0 amide bonds. The molecule has 0 bridgehead atoms. The van der Waals surface area contributed by atoms with Gasteiger partial charge in [0.1, 0.15) is 0 Å². The number of para-hydroxylation sites is 1. The van der Waals surface area contributed by atoms with E-state index in [1.807, 2.05) is 50.2 Å². The average Bonchev–Trinajstić information content (AvgIpc) is 3.47. The molecule has 1 saturated carbocycles. The van der Waals surface area contributed by atoms with E-state index in [1.165, 1.54) is 10.9 Å². The maximum absolute atomic E-state index is 13.7. The normalized spacial score (nSPS) is 18.8. The predicted molar refractivity (Wildman–Crippen MR) is 149 cm³/mol. The summed E-state index contributed by atoms with van der Waals surface area (Å²) in [5.41, 5.74) is 5.37. The van der Waals surface area contributed by atoms with Crippen LogP contribution in [0.3, 0.4) is 0 Å². The second-order valence-electron chi connectivity index (χ2n) is 10.6. The Labute approximate surface area is 222 Å². The van der Waals surface area contributed by atoms with Crippen LogP contribution in [0.25, 0.3) is 27.8 Å². The van der Waals surface area contributed by atoms with E-state index in [4.69, 9.17) is 5.10 Å². The molecule has 1 fully saturated rings. The SMILES string of the molecule is Cc1c(-c2ccc(-n3cc(C(=O)O)c([As](C(=O)C4CCC(C)CC4)C(C)C)n3)cc2)[nH]c2ccccc12. The van der Waals surface area contributed by atoms with Gasteiger partial charge < -0.3 is 0 Å². The number of nitrogens with zero attached hydrogens (tertiary/aromatic N) is 2. The Balaban J connectivity index is 1.48. The standard InChI is InChI=1S/C30H34AsN3O3/c1-18(2)31(29(35)22-11-9-19(3)10-12-22)28-25(30(36)37)17-34(33-28)23-15-13-21(14-16-23)27-20(4)24-7-5-6-8-26(24)32-27/h5-8,13-19,22,32H,9-12H2,1-4H3,(H,36,37). The number of aryl methyl sites for hydroxylation is 1. The Morgan fingerprint density at radius 2 is 1.73 bits per heavy atom. The third kappa shape index (κ3) is 4.92. The number of carboxylic acid groups (broad SMARTS) is 1. The van der Waals surface area contributed by atoms with Crippen molar-refractivity contribution in [3.05, 3.63) is 65.9 Å². The number of aromatic carboxylic acids is 1. The number of nitrogens with one attached hydrogen (secondary N) is 1. The number of benzene rings is 2. The van der Waals surface area contributed by atoms with Gasteiger partial charge in [0, 0.05) is 0 Å². The van der Waals surface area contributed by atoms with Crippen molar-refractivity contribution in [2.24, 2.45) is 11.8 Å². The van der Waals surface area contributed by atoms with Gasteiger partial charge in [-0.1, -0.05) is 0 Å². The summed E-state index contributed by atoms with van der Waals surface area (Å²) in [7, 11) is 0. The summed E-state index contributed by atoms with van der Waals surface area (Å²) < 4.78 is 2.55. The molecule has 0 spiro atoms. The zero-order valence-corrected chi connectivity index (χ0v) is 23.7. The number of carbonyl (C=O) groups is 2. The van der Waals surface area contributed by atoms with E-state index >= 15 is 0 Å². The van der Waals surface area contributed by atoms with Gasteiger partial charge in [-0.2, -0.15) is 0 Å². The zero-order chi connectivity index (χ0) is 26.3. The van der Waals surface area contributed by atoms with E-state index in [0.29, 0.717) is 10.4 Å². The molecule has 0 saturated heterocycles. The molecule has 0 radical (unpaired) electrons. The molecule has 2 heterocycles. The van der Waals surface area contributed by atoms with E-state index in [0.717, 1.165) is 48.1 Å². The number of aromatic nitrogens is 3. The number of aromatic amines is 1. The Morgan fingerprint density at radius 1 is 1.05 bits per heavy atom. The van der Waals surface area contributed by atoms with Gasteiger partial charge in [0.05, 0.1) is 0 Å². The van der Waals surface area contributed by atoms with Gasteiger partial charge >= 0.3 is 223 Å². The molecule has 192 valence electrons. The Morgan fingerprint density at radius 3 is 2.35 bits per heavy atom. The van der Waals surface area contributed by atoms with Crippen LogP contribution in [0.4, 0.5) is 0 Å². The van der Waals surface area contributed by atoms with E-state index in [-0.39, 0.29) is 20.8 Å². The Hall–Kier alpha value is -3.11. The molecular formula is C30H34AsN3O3. The fourth-order valence-corrected chi connectivity index (χ4v) is 10.7. The topological polar surface area (TPSA) is 88.0 Å². The number of hydrogen-bond acceptors (Lipinski definition) is 3. The van der Waals surface area contributed by atoms with Crippen LogP contribution in [0, 0.1) is 18.8 Å². The number of rotatable bonds is 7. The fraction of sp³-hybridized carbons (Fsp3) is 0.367. The van der Waals surface area contributed by atoms with Crippen molar-refractivity contribution in [2.45, 2.75) is 58.1 Å². The van der Waals surface area contributed by atoms with E-state index < -0.39 is 20.6 Å². The fourth-order valence-electron chi connectivity index (χ4n) is 5.48. The molecule has 37 heavy (non-hydrogen) atoms. The van der Waals surface area contributed by atoms with Crippen molar-refractivity contribution in [1.82, 2.24) is 14.8 Å². The van der Waals surface area contributed by atoms with Gasteiger partial charge in [-0.15, -0.1) is 0 Å². The quantitative estimate of drug-likeness (QED) is 0.269. The monoisotopic (exact) mass is 559 g/mol. The molecule has 1 unspecified atom stereocenters. The predicted octanol–water partition coefficient (Wildman–Crippen LogP) is 6.07. The molecule has 6 nitrogen and oxygen atoms in total. The molecule has 5 rings (SSSR count). The van der Waals surface area contributed by atoms with E-state index in [9.17, 15) is 14.7 Å². The van der Waals surface area contributed by atoms with Crippen LogP contribution in [0.5, 0.6) is 0 Å². The van der Waals surface area contributed by atoms with Crippen molar-refractivity contribution >= 4 is 40.6 Å². The third-order valence-corrected chi connectivity index (χ3v) is 13.2. The molecule has 2 aromatic carbocycles. The summed E-state index contributed by atoms with van der Waals surface area (Å²) in [6.07, 6.45) is 5.55. The second kappa shape index (κ2) is 10.3. The van der Waals surface area contributed by atoms with Gasteiger partial charge in [0.25, 0.3) is 0 Å². The van der Waals surface area contributed by atoms with Gasteiger partial charge in [-0.3, -0.25) is 0 Å². The summed E-state index contributed by atoms with van der Waals surface area (Å²) in [6, 6.07) is 16.2. The van der Waals surface area contributed by atoms with Crippen LogP contribution in [-0.2, 0) is 4.79 Å². The molecule has 1 aliphatic rings. The maximum atomic E-state index is 13.7. The minimum atomic E-state index is -2.38. The molecule has 1 aliphatic carbocycles. The Bertz CT molecular complexity index is 1440. The van der Waals surface area contributed by atoms with Crippen LogP contribution in [0.2, 0.25) is 4.71 Å². The molecule has 2 aromatic heterocycles. The first-order valence-corrected chi connectivity index (χ1v) is 16.0. The van der Waals surface area contributed by atoms with Crippen molar-refractivity contribution in [2.75, 3.05) is 0 Å². The van der Waals surface area contributed by atoms with Crippen molar-refractivity contribution in [3.63, 3.8) is 0 Å². The summed E-state index contributed by atoms with van der Waals surface area (Å²) in [5.74, 6) is -0.310. The van der Waals surface area contributed by atoms with E-state index in [1.54, 1.807) is 10.9 Å². The van der Waals surface area contributed by atoms with Crippen LogP contribution in [0.1, 0.15) is 62.4 Å². The minimum absolute atomic E-state index is 0.0456. The average molecular weight is 560 g/mol. The Kier molecular flexibility index (Phi) is 7.13. The first-order valence-electron chi connectivity index (χ1n) is 13.1. The molecule has 0 aliphatic heterocycles. The summed E-state index contributed by atoms with van der Waals surface area (Å²) in [4.78, 5) is 29.5.